The minimum absolute atomic E-state index is 0.0139. The highest BCUT2D eigenvalue weighted by Crippen LogP contribution is 2.53. The number of β-amino-alcohol motifs (C(OH)–C–C–N with tert-alkyl or cyclic N) is 1. The van der Waals surface area contributed by atoms with Gasteiger partial charge >= 0.3 is 0 Å². The van der Waals surface area contributed by atoms with Crippen LogP contribution in [0.15, 0.2) is 36.4 Å². The fourth-order valence-electron chi connectivity index (χ4n) is 15.9. The first kappa shape index (κ1) is 80.0. The van der Waals surface area contributed by atoms with Crippen LogP contribution < -0.4 is 64.0 Å². The topological polar surface area (TPSA) is 463 Å². The number of amides is 12. The summed E-state index contributed by atoms with van der Waals surface area (Å²) in [7, 11) is 0. The van der Waals surface area contributed by atoms with Crippen molar-refractivity contribution in [3.8, 4) is 11.1 Å². The number of anilines is 2. The lowest BCUT2D eigenvalue weighted by atomic mass is 9.86. The average Bonchev–Trinajstić information content (AvgIpc) is 1.55. The lowest BCUT2D eigenvalue weighted by Gasteiger charge is -2.40. The highest BCUT2D eigenvalue weighted by molar-refractivity contribution is 6.02. The molecular formula is C73H108N16O17. The lowest BCUT2D eigenvalue weighted by Crippen LogP contribution is -2.68. The van der Waals surface area contributed by atoms with Gasteiger partial charge in [0.25, 0.3) is 11.8 Å². The molecule has 582 valence electrons. The van der Waals surface area contributed by atoms with Crippen LogP contribution in [0.2, 0.25) is 0 Å². The first-order valence-electron chi connectivity index (χ1n) is 37.3. The number of aliphatic hydroxyl groups is 5. The van der Waals surface area contributed by atoms with Crippen LogP contribution >= 0.6 is 0 Å². The smallest absolute Gasteiger partial charge is 0.260 e. The van der Waals surface area contributed by atoms with Crippen LogP contribution in [0.25, 0.3) is 11.1 Å². The first-order chi connectivity index (χ1) is 49.8. The zero-order valence-corrected chi connectivity index (χ0v) is 62.7. The van der Waals surface area contributed by atoms with E-state index in [-0.39, 0.29) is 60.9 Å². The fourth-order valence-corrected chi connectivity index (χ4v) is 15.9. The van der Waals surface area contributed by atoms with Gasteiger partial charge in [0.05, 0.1) is 18.3 Å². The molecule has 17 N–H and O–H groups in total. The third-order valence-electron chi connectivity index (χ3n) is 21.8. The molecule has 0 saturated carbocycles. The Hall–Kier alpha value is -8.60. The van der Waals surface area contributed by atoms with Crippen molar-refractivity contribution in [3.05, 3.63) is 47.5 Å². The van der Waals surface area contributed by atoms with Crippen LogP contribution in [-0.4, -0.2) is 232 Å². The summed E-state index contributed by atoms with van der Waals surface area (Å²) < 4.78 is 0. The van der Waals surface area contributed by atoms with E-state index in [1.807, 2.05) is 13.8 Å². The molecule has 12 amide bonds. The van der Waals surface area contributed by atoms with Gasteiger partial charge in [0.1, 0.15) is 96.0 Å². The number of fused-ring (bicyclic) bond motifs is 12. The number of aliphatic hydroxyl groups excluding tert-OH is 3. The minimum Gasteiger partial charge on any atom is -0.392 e. The van der Waals surface area contributed by atoms with Gasteiger partial charge in [-0.25, -0.2) is 10.9 Å². The van der Waals surface area contributed by atoms with Crippen LogP contribution in [0.3, 0.4) is 0 Å². The molecule has 6 fully saturated rings. The number of benzene rings is 2. The van der Waals surface area contributed by atoms with Crippen LogP contribution in [-0.2, 0) is 68.7 Å². The molecule has 8 aliphatic heterocycles. The van der Waals surface area contributed by atoms with E-state index in [0.29, 0.717) is 36.2 Å². The predicted molar refractivity (Wildman–Crippen MR) is 384 cm³/mol. The number of nitrogens with zero attached hydrogens (tertiary/aromatic N) is 4. The molecule has 33 heteroatoms. The van der Waals surface area contributed by atoms with Crippen LogP contribution in [0.5, 0.6) is 0 Å². The quantitative estimate of drug-likeness (QED) is 0.111. The van der Waals surface area contributed by atoms with Gasteiger partial charge in [-0.1, -0.05) is 95.2 Å². The molecule has 0 spiro atoms. The van der Waals surface area contributed by atoms with E-state index in [1.165, 1.54) is 18.9 Å². The number of carbonyl (C=O) groups excluding carboxylic acids is 12. The summed E-state index contributed by atoms with van der Waals surface area (Å²) in [5, 5.41) is 91.3. The zero-order chi connectivity index (χ0) is 77.8. The standard InChI is InChI=1S/C73H108N16O17/c1-31(2)17-20-46-58(93)84-56(37(13)90)66(101)86-50(62(97)80-52(33(5)6)64(99)82-54(35(9)10)68(103)88-48(60(95)76-46)16-15-23-74-88)28-72(105)42-25-39(18-21-44(42)78-70(72)86)40-19-22-45-43(26-40)73(106)29-51-63(98)81-53(34(7)8)65(100)83-55(36(11)12)69(104)89-49(27-41(92)30-75-89)61(96)77-47(24-32(3)4)59(94)85-57(38(14)91)67(102)87(51)71(73)79-45/h18-19,21-22,25-26,31-38,41,46-57,70-71,74-75,78-79,90-92,105-106H,15-17,20,23-24,27-30H2,1-14H3,(H,76,95)(H,77,96)(H,80,97)(H,81,98)(H,82,99)(H,83,100)(H,84,93)(H,85,94)/t37-,38-,41+,46-,47-,48+,49+,50-,51-,52+,53+,54?,55?,56+,57+,70-,71-,72+,73+/m0/s1. The second-order valence-electron chi connectivity index (χ2n) is 32.2. The maximum atomic E-state index is 15.6. The molecule has 0 aliphatic carbocycles. The highest BCUT2D eigenvalue weighted by atomic mass is 16.3. The van der Waals surface area contributed by atoms with Gasteiger partial charge in [0.2, 0.25) is 59.1 Å². The van der Waals surface area contributed by atoms with Gasteiger partial charge in [0.15, 0.2) is 0 Å². The second kappa shape index (κ2) is 31.7. The number of hydrogen-bond acceptors (Lipinski definition) is 21. The Kier molecular flexibility index (Phi) is 23.9. The molecule has 2 aromatic rings. The third-order valence-corrected chi connectivity index (χ3v) is 21.8. The van der Waals surface area contributed by atoms with E-state index < -0.39 is 222 Å². The fraction of sp³-hybridized carbons (Fsp3) is 0.671. The summed E-state index contributed by atoms with van der Waals surface area (Å²) in [6.07, 6.45) is -7.65. The van der Waals surface area contributed by atoms with Gasteiger partial charge in [-0.15, -0.1) is 0 Å². The predicted octanol–water partition coefficient (Wildman–Crippen LogP) is -1.83. The molecule has 2 aromatic carbocycles. The molecular weight excluding hydrogens is 1370 g/mol. The number of carbonyl (C=O) groups is 12. The van der Waals surface area contributed by atoms with E-state index in [0.717, 1.165) is 14.8 Å². The van der Waals surface area contributed by atoms with E-state index in [4.69, 9.17) is 0 Å². The Balaban J connectivity index is 1.01. The number of rotatable bonds is 12. The number of hydrazine groups is 2. The molecule has 10 rings (SSSR count). The van der Waals surface area contributed by atoms with E-state index in [9.17, 15) is 63.9 Å². The van der Waals surface area contributed by atoms with Gasteiger partial charge in [-0.2, -0.15) is 0 Å². The summed E-state index contributed by atoms with van der Waals surface area (Å²) in [4.78, 5) is 180. The Labute approximate surface area is 616 Å². The van der Waals surface area contributed by atoms with Crippen LogP contribution in [0.4, 0.5) is 11.4 Å². The van der Waals surface area contributed by atoms with Gasteiger partial charge in [-0.3, -0.25) is 67.6 Å². The number of nitrogens with one attached hydrogen (secondary N) is 12. The van der Waals surface area contributed by atoms with Crippen molar-refractivity contribution in [3.63, 3.8) is 0 Å². The molecule has 0 bridgehead atoms. The Morgan fingerprint density at radius 3 is 1.25 bits per heavy atom. The summed E-state index contributed by atoms with van der Waals surface area (Å²) in [6.45, 7) is 23.4. The second-order valence-corrected chi connectivity index (χ2v) is 32.2. The van der Waals surface area contributed by atoms with Crippen molar-refractivity contribution in [1.82, 2.24) is 73.2 Å². The minimum atomic E-state index is -2.18. The Bertz CT molecular complexity index is 3760. The maximum absolute atomic E-state index is 15.6. The van der Waals surface area contributed by atoms with Crippen LogP contribution in [0, 0.1) is 35.5 Å². The Morgan fingerprint density at radius 2 is 0.830 bits per heavy atom. The summed E-state index contributed by atoms with van der Waals surface area (Å²) in [6, 6.07) is -7.69. The summed E-state index contributed by atoms with van der Waals surface area (Å²) >= 11 is 0. The summed E-state index contributed by atoms with van der Waals surface area (Å²) in [5.41, 5.74) is 3.17. The van der Waals surface area contributed by atoms with E-state index in [1.54, 1.807) is 106 Å². The van der Waals surface area contributed by atoms with Crippen molar-refractivity contribution in [2.75, 3.05) is 23.7 Å². The monoisotopic (exact) mass is 1480 g/mol. The van der Waals surface area contributed by atoms with Crippen LogP contribution in [0.1, 0.15) is 159 Å². The molecule has 106 heavy (non-hydrogen) atoms. The van der Waals surface area contributed by atoms with E-state index in [2.05, 4.69) is 64.0 Å². The molecule has 8 aliphatic rings. The molecule has 8 heterocycles. The van der Waals surface area contributed by atoms with E-state index >= 15 is 19.2 Å². The molecule has 6 saturated heterocycles. The maximum Gasteiger partial charge on any atom is 0.260 e. The molecule has 0 aromatic heterocycles. The summed E-state index contributed by atoms with van der Waals surface area (Å²) in [5.74, 6) is -12.9. The SMILES string of the molecule is CC(C)CC[C@@H]1NC(=O)[C@H]2CCCNN2C(=O)C(C(C)C)NC(=O)[C@@H](C(C)C)NC(=O)[C@@H]2C[C@@]3(O)c4cc(-c5ccc6c(c5)[C@]5(O)C[C@H]7C(=O)N[C@H](C(C)C)C(=O)NC(C(C)C)C(=O)N8NC[C@H](O)C[C@@H]8C(=O)N[C@@H](CC(C)C)C(=O)N[C@H]([C@H](C)O)C(=O)N7[C@@H]5N6)ccc4N[C@H]3N2C(=O)[C@@H]([C@H](C)O)NC1=O. The van der Waals surface area contributed by atoms with Gasteiger partial charge in [-0.05, 0) is 117 Å². The number of hydrogen-bond donors (Lipinski definition) is 17. The van der Waals surface area contributed by atoms with Gasteiger partial charge < -0.3 is 88.5 Å². The van der Waals surface area contributed by atoms with Crippen molar-refractivity contribution < 1.29 is 83.1 Å². The molecule has 0 radical (unpaired) electrons. The highest BCUT2D eigenvalue weighted by Gasteiger charge is 2.64. The Morgan fingerprint density at radius 1 is 0.434 bits per heavy atom. The molecule has 2 unspecified atom stereocenters. The van der Waals surface area contributed by atoms with Crippen molar-refractivity contribution >= 4 is 82.3 Å². The van der Waals surface area contributed by atoms with Crippen molar-refractivity contribution in [2.45, 2.75) is 263 Å². The average molecular weight is 1480 g/mol. The first-order valence-corrected chi connectivity index (χ1v) is 37.3. The zero-order valence-electron chi connectivity index (χ0n) is 62.7. The van der Waals surface area contributed by atoms with Gasteiger partial charge in [0, 0.05) is 54.9 Å². The molecule has 33 nitrogen and oxygen atoms in total. The third kappa shape index (κ3) is 15.7. The van der Waals surface area contributed by atoms with Crippen molar-refractivity contribution in [2.24, 2.45) is 35.5 Å². The largest absolute Gasteiger partial charge is 0.392 e. The van der Waals surface area contributed by atoms with Crippen molar-refractivity contribution in [1.29, 1.82) is 0 Å². The molecule has 19 atom stereocenters. The lowest BCUT2D eigenvalue weighted by molar-refractivity contribution is -0.154. The normalized spacial score (nSPS) is 33.0.